The third-order valence-electron chi connectivity index (χ3n) is 3.22. The molecule has 0 bridgehead atoms. The number of phenolic OH excluding ortho intramolecular Hbond substituents is 1. The molecular formula is C16H17ClFNO2. The van der Waals surface area contributed by atoms with E-state index in [0.717, 1.165) is 11.1 Å². The standard InChI is InChI=1S/C16H17ClFNO2/c1-10-2-5-15(20)12(6-10)8-19-9-16(21)11-3-4-13(17)14(18)7-11/h2-7,16,19-21H,8-9H2,1H3. The maximum atomic E-state index is 13.3. The summed E-state index contributed by atoms with van der Waals surface area (Å²) >= 11 is 5.60. The normalized spacial score (nSPS) is 12.4. The average molecular weight is 310 g/mol. The quantitative estimate of drug-likeness (QED) is 0.794. The highest BCUT2D eigenvalue weighted by Crippen LogP contribution is 2.21. The first-order valence-electron chi connectivity index (χ1n) is 6.59. The van der Waals surface area contributed by atoms with Crippen LogP contribution in [0.4, 0.5) is 4.39 Å². The third kappa shape index (κ3) is 4.17. The Morgan fingerprint density at radius 1 is 1.24 bits per heavy atom. The average Bonchev–Trinajstić information content (AvgIpc) is 2.45. The van der Waals surface area contributed by atoms with E-state index in [1.165, 1.54) is 12.1 Å². The fourth-order valence-corrected chi connectivity index (χ4v) is 2.15. The zero-order chi connectivity index (χ0) is 15.4. The first kappa shape index (κ1) is 15.8. The molecule has 0 aliphatic carbocycles. The summed E-state index contributed by atoms with van der Waals surface area (Å²) in [6.07, 6.45) is -0.844. The molecule has 2 aromatic carbocycles. The van der Waals surface area contributed by atoms with Gasteiger partial charge in [-0.3, -0.25) is 0 Å². The van der Waals surface area contributed by atoms with Crippen LogP contribution in [0.15, 0.2) is 36.4 Å². The van der Waals surface area contributed by atoms with Crippen molar-refractivity contribution in [3.63, 3.8) is 0 Å². The van der Waals surface area contributed by atoms with E-state index < -0.39 is 11.9 Å². The van der Waals surface area contributed by atoms with Gasteiger partial charge in [-0.25, -0.2) is 4.39 Å². The lowest BCUT2D eigenvalue weighted by Crippen LogP contribution is -2.21. The number of benzene rings is 2. The van der Waals surface area contributed by atoms with Crippen molar-refractivity contribution in [2.45, 2.75) is 19.6 Å². The fraction of sp³-hybridized carbons (Fsp3) is 0.250. The number of phenols is 1. The van der Waals surface area contributed by atoms with Crippen LogP contribution in [0.2, 0.25) is 5.02 Å². The van der Waals surface area contributed by atoms with Crippen molar-refractivity contribution in [1.82, 2.24) is 5.32 Å². The zero-order valence-corrected chi connectivity index (χ0v) is 12.4. The van der Waals surface area contributed by atoms with E-state index in [4.69, 9.17) is 11.6 Å². The van der Waals surface area contributed by atoms with Crippen molar-refractivity contribution in [3.05, 3.63) is 63.9 Å². The van der Waals surface area contributed by atoms with Gasteiger partial charge in [0.25, 0.3) is 0 Å². The highest BCUT2D eigenvalue weighted by molar-refractivity contribution is 6.30. The maximum Gasteiger partial charge on any atom is 0.142 e. The molecular weight excluding hydrogens is 293 g/mol. The minimum atomic E-state index is -0.844. The predicted octanol–water partition coefficient (Wildman–Crippen LogP) is 3.32. The molecule has 112 valence electrons. The summed E-state index contributed by atoms with van der Waals surface area (Å²) in [5.74, 6) is -0.343. The molecule has 3 N–H and O–H groups in total. The van der Waals surface area contributed by atoms with Crippen molar-refractivity contribution >= 4 is 11.6 Å². The van der Waals surface area contributed by atoms with Crippen LogP contribution in [0, 0.1) is 12.7 Å². The third-order valence-corrected chi connectivity index (χ3v) is 3.52. The molecule has 0 saturated heterocycles. The zero-order valence-electron chi connectivity index (χ0n) is 11.6. The Morgan fingerprint density at radius 2 is 2.00 bits per heavy atom. The van der Waals surface area contributed by atoms with Crippen molar-refractivity contribution in [2.24, 2.45) is 0 Å². The van der Waals surface area contributed by atoms with Gasteiger partial charge >= 0.3 is 0 Å². The van der Waals surface area contributed by atoms with Gasteiger partial charge in [-0.2, -0.15) is 0 Å². The van der Waals surface area contributed by atoms with Gasteiger partial charge in [-0.15, -0.1) is 0 Å². The monoisotopic (exact) mass is 309 g/mol. The van der Waals surface area contributed by atoms with E-state index >= 15 is 0 Å². The van der Waals surface area contributed by atoms with E-state index in [1.807, 2.05) is 19.1 Å². The molecule has 2 rings (SSSR count). The Morgan fingerprint density at radius 3 is 2.71 bits per heavy atom. The molecule has 0 amide bonds. The maximum absolute atomic E-state index is 13.3. The summed E-state index contributed by atoms with van der Waals surface area (Å²) in [6, 6.07) is 9.56. The van der Waals surface area contributed by atoms with Crippen molar-refractivity contribution < 1.29 is 14.6 Å². The number of aliphatic hydroxyl groups excluding tert-OH is 1. The molecule has 5 heteroatoms. The Kier molecular flexibility index (Phi) is 5.17. The van der Waals surface area contributed by atoms with Gasteiger partial charge < -0.3 is 15.5 Å². The van der Waals surface area contributed by atoms with Crippen LogP contribution in [-0.2, 0) is 6.54 Å². The van der Waals surface area contributed by atoms with Crippen LogP contribution in [0.5, 0.6) is 5.75 Å². The molecule has 0 fully saturated rings. The lowest BCUT2D eigenvalue weighted by atomic mass is 10.1. The molecule has 1 unspecified atom stereocenters. The second-order valence-corrected chi connectivity index (χ2v) is 5.36. The Balaban J connectivity index is 1.93. The van der Waals surface area contributed by atoms with Crippen molar-refractivity contribution in [2.75, 3.05) is 6.54 Å². The molecule has 0 radical (unpaired) electrons. The smallest absolute Gasteiger partial charge is 0.142 e. The summed E-state index contributed by atoms with van der Waals surface area (Å²) < 4.78 is 13.3. The molecule has 0 spiro atoms. The number of aromatic hydroxyl groups is 1. The summed E-state index contributed by atoms with van der Waals surface area (Å²) in [6.45, 7) is 2.60. The first-order chi connectivity index (χ1) is 9.97. The number of hydrogen-bond donors (Lipinski definition) is 3. The van der Waals surface area contributed by atoms with Crippen molar-refractivity contribution in [1.29, 1.82) is 0 Å². The molecule has 21 heavy (non-hydrogen) atoms. The van der Waals surface area contributed by atoms with Gasteiger partial charge in [-0.05, 0) is 30.7 Å². The number of halogens is 2. The summed E-state index contributed by atoms with van der Waals surface area (Å²) in [4.78, 5) is 0. The van der Waals surface area contributed by atoms with Gasteiger partial charge in [0, 0.05) is 18.7 Å². The summed E-state index contributed by atoms with van der Waals surface area (Å²) in [5.41, 5.74) is 2.26. The van der Waals surface area contributed by atoms with Crippen LogP contribution in [0.3, 0.4) is 0 Å². The second kappa shape index (κ2) is 6.89. The lowest BCUT2D eigenvalue weighted by Gasteiger charge is -2.13. The van der Waals surface area contributed by atoms with Crippen LogP contribution in [-0.4, -0.2) is 16.8 Å². The highest BCUT2D eigenvalue weighted by Gasteiger charge is 2.10. The topological polar surface area (TPSA) is 52.5 Å². The largest absolute Gasteiger partial charge is 0.508 e. The summed E-state index contributed by atoms with van der Waals surface area (Å²) in [5, 5.41) is 22.8. The van der Waals surface area contributed by atoms with E-state index in [9.17, 15) is 14.6 Å². The Bertz CT molecular complexity index is 634. The van der Waals surface area contributed by atoms with E-state index in [1.54, 1.807) is 12.1 Å². The van der Waals surface area contributed by atoms with Crippen LogP contribution in [0.25, 0.3) is 0 Å². The Labute approximate surface area is 128 Å². The number of nitrogens with one attached hydrogen (secondary N) is 1. The molecule has 2 aromatic rings. The van der Waals surface area contributed by atoms with Gasteiger partial charge in [0.1, 0.15) is 11.6 Å². The second-order valence-electron chi connectivity index (χ2n) is 4.95. The fourth-order valence-electron chi connectivity index (χ4n) is 2.04. The highest BCUT2D eigenvalue weighted by atomic mass is 35.5. The summed E-state index contributed by atoms with van der Waals surface area (Å²) in [7, 11) is 0. The Hall–Kier alpha value is -1.62. The molecule has 0 aliphatic rings. The lowest BCUT2D eigenvalue weighted by molar-refractivity contribution is 0.174. The number of aliphatic hydroxyl groups is 1. The van der Waals surface area contributed by atoms with Crippen LogP contribution in [0.1, 0.15) is 22.8 Å². The van der Waals surface area contributed by atoms with Gasteiger partial charge in [-0.1, -0.05) is 35.4 Å². The molecule has 0 saturated carbocycles. The van der Waals surface area contributed by atoms with Gasteiger partial charge in [0.15, 0.2) is 0 Å². The van der Waals surface area contributed by atoms with E-state index in [2.05, 4.69) is 5.32 Å². The van der Waals surface area contributed by atoms with E-state index in [-0.39, 0.29) is 17.3 Å². The SMILES string of the molecule is Cc1ccc(O)c(CNCC(O)c2ccc(Cl)c(F)c2)c1. The predicted molar refractivity (Wildman–Crippen MR) is 80.9 cm³/mol. The molecule has 1 atom stereocenters. The number of rotatable bonds is 5. The molecule has 0 aromatic heterocycles. The number of hydrogen-bond acceptors (Lipinski definition) is 3. The first-order valence-corrected chi connectivity index (χ1v) is 6.97. The molecule has 0 aliphatic heterocycles. The van der Waals surface area contributed by atoms with Gasteiger partial charge in [0.2, 0.25) is 0 Å². The minimum Gasteiger partial charge on any atom is -0.508 e. The molecule has 0 heterocycles. The molecule has 3 nitrogen and oxygen atoms in total. The number of aryl methyl sites for hydroxylation is 1. The van der Waals surface area contributed by atoms with Crippen molar-refractivity contribution in [3.8, 4) is 5.75 Å². The van der Waals surface area contributed by atoms with Crippen LogP contribution >= 0.6 is 11.6 Å². The van der Waals surface area contributed by atoms with E-state index in [0.29, 0.717) is 12.1 Å². The van der Waals surface area contributed by atoms with Crippen LogP contribution < -0.4 is 5.32 Å². The van der Waals surface area contributed by atoms with Gasteiger partial charge in [0.05, 0.1) is 11.1 Å². The minimum absolute atomic E-state index is 0.0311.